The molecule has 0 saturated heterocycles. The molecule has 33 heavy (non-hydrogen) atoms. The molecule has 0 spiro atoms. The van der Waals surface area contributed by atoms with Crippen LogP contribution in [0.5, 0.6) is 0 Å². The number of anilines is 3. The van der Waals surface area contributed by atoms with E-state index in [9.17, 15) is 27.6 Å². The van der Waals surface area contributed by atoms with E-state index in [0.717, 1.165) is 11.1 Å². The maximum absolute atomic E-state index is 13.8. The van der Waals surface area contributed by atoms with Crippen molar-refractivity contribution in [3.63, 3.8) is 0 Å². The van der Waals surface area contributed by atoms with E-state index in [-0.39, 0.29) is 17.9 Å². The number of alkyl halides is 3. The second-order valence-corrected chi connectivity index (χ2v) is 8.06. The van der Waals surface area contributed by atoms with Crippen molar-refractivity contribution in [1.82, 2.24) is 4.90 Å². The molecule has 0 bridgehead atoms. The van der Waals surface area contributed by atoms with Gasteiger partial charge < -0.3 is 10.6 Å². The minimum Gasteiger partial charge on any atom is -0.325 e. The van der Waals surface area contributed by atoms with E-state index in [1.54, 1.807) is 18.2 Å². The van der Waals surface area contributed by atoms with Gasteiger partial charge in [0.25, 0.3) is 0 Å². The fourth-order valence-corrected chi connectivity index (χ4v) is 3.68. The maximum atomic E-state index is 13.8. The van der Waals surface area contributed by atoms with E-state index in [1.165, 1.54) is 30.1 Å². The van der Waals surface area contributed by atoms with E-state index in [1.807, 2.05) is 19.9 Å². The second-order valence-electron chi connectivity index (χ2n) is 8.06. The third-order valence-electron chi connectivity index (χ3n) is 5.47. The molecule has 0 saturated carbocycles. The molecule has 0 radical (unpaired) electrons. The zero-order chi connectivity index (χ0) is 24.3. The van der Waals surface area contributed by atoms with Gasteiger partial charge in [0.05, 0.1) is 30.9 Å². The summed E-state index contributed by atoms with van der Waals surface area (Å²) in [4.78, 5) is 39.5. The van der Waals surface area contributed by atoms with Crippen molar-refractivity contribution < 1.29 is 27.6 Å². The summed E-state index contributed by atoms with van der Waals surface area (Å²) in [5.41, 5.74) is 2.61. The topological polar surface area (TPSA) is 81.8 Å². The number of para-hydroxylation sites is 2. The second kappa shape index (κ2) is 9.62. The molecular weight excluding hydrogens is 437 g/mol. The van der Waals surface area contributed by atoms with Crippen molar-refractivity contribution in [1.29, 1.82) is 0 Å². The van der Waals surface area contributed by atoms with Gasteiger partial charge in [0.2, 0.25) is 17.7 Å². The molecule has 0 aliphatic carbocycles. The minimum absolute atomic E-state index is 0.0380. The average molecular weight is 462 g/mol. The number of rotatable bonds is 5. The molecular formula is C23H25F3N4O3. The van der Waals surface area contributed by atoms with Gasteiger partial charge in [-0.05, 0) is 50.2 Å². The Balaban J connectivity index is 1.77. The van der Waals surface area contributed by atoms with Crippen LogP contribution in [0.1, 0.15) is 17.5 Å². The first kappa shape index (κ1) is 24.2. The zero-order valence-electron chi connectivity index (χ0n) is 18.5. The molecule has 3 amide bonds. The third-order valence-corrected chi connectivity index (χ3v) is 5.47. The summed E-state index contributed by atoms with van der Waals surface area (Å²) in [6, 6.07) is 8.98. The molecule has 0 unspecified atom stereocenters. The lowest BCUT2D eigenvalue weighted by atomic mass is 10.1. The number of aryl methyl sites for hydroxylation is 1. The Hall–Kier alpha value is -3.40. The monoisotopic (exact) mass is 462 g/mol. The van der Waals surface area contributed by atoms with Gasteiger partial charge in [-0.1, -0.05) is 24.3 Å². The molecule has 2 N–H and O–H groups in total. The summed E-state index contributed by atoms with van der Waals surface area (Å²) in [5.74, 6) is -2.11. The number of hydrogen-bond acceptors (Lipinski definition) is 4. The smallest absolute Gasteiger partial charge is 0.325 e. The van der Waals surface area contributed by atoms with Gasteiger partial charge >= 0.3 is 6.18 Å². The molecule has 1 heterocycles. The van der Waals surface area contributed by atoms with Gasteiger partial charge in [0, 0.05) is 5.69 Å². The number of benzene rings is 2. The van der Waals surface area contributed by atoms with Crippen molar-refractivity contribution in [3.8, 4) is 0 Å². The lowest BCUT2D eigenvalue weighted by Gasteiger charge is -2.32. The molecule has 7 nitrogen and oxygen atoms in total. The summed E-state index contributed by atoms with van der Waals surface area (Å²) in [7, 11) is 1.47. The molecule has 1 aliphatic rings. The molecule has 3 rings (SSSR count). The molecule has 0 aromatic heterocycles. The third kappa shape index (κ3) is 5.70. The first-order valence-corrected chi connectivity index (χ1v) is 10.3. The van der Waals surface area contributed by atoms with Crippen LogP contribution in [0.4, 0.5) is 30.2 Å². The predicted molar refractivity (Wildman–Crippen MR) is 119 cm³/mol. The van der Waals surface area contributed by atoms with E-state index >= 15 is 0 Å². The van der Waals surface area contributed by atoms with E-state index in [4.69, 9.17) is 0 Å². The standard InChI is InChI=1S/C23H25F3N4O3/c1-14-7-6-9-16(15(14)2)27-21(32)12-29(3)13-22(33)30-18-10-5-4-8-17(18)28-20(31)11-19(30)23(24,25)26/h4-10,19H,11-13H2,1-3H3,(H,27,32)(H,28,31)/t19-/m1/s1. The van der Waals surface area contributed by atoms with Crippen molar-refractivity contribution in [3.05, 3.63) is 53.6 Å². The van der Waals surface area contributed by atoms with Crippen LogP contribution in [0, 0.1) is 13.8 Å². The van der Waals surface area contributed by atoms with Crippen LogP contribution >= 0.6 is 0 Å². The largest absolute Gasteiger partial charge is 0.409 e. The molecule has 10 heteroatoms. The van der Waals surface area contributed by atoms with Crippen molar-refractivity contribution >= 4 is 34.8 Å². The average Bonchev–Trinajstić information content (AvgIpc) is 2.86. The number of fused-ring (bicyclic) bond motifs is 1. The summed E-state index contributed by atoms with van der Waals surface area (Å²) in [6.07, 6.45) is -5.73. The molecule has 2 aromatic carbocycles. The van der Waals surface area contributed by atoms with Crippen LogP contribution in [0.25, 0.3) is 0 Å². The highest BCUT2D eigenvalue weighted by Gasteiger charge is 2.49. The first-order chi connectivity index (χ1) is 15.5. The van der Waals surface area contributed by atoms with Gasteiger partial charge in [0.1, 0.15) is 6.04 Å². The number of amides is 3. The SMILES string of the molecule is Cc1cccc(NC(=O)CN(C)CC(=O)N2c3ccccc3NC(=O)C[C@@H]2C(F)(F)F)c1C. The number of nitrogens with one attached hydrogen (secondary N) is 2. The van der Waals surface area contributed by atoms with Crippen molar-refractivity contribution in [2.75, 3.05) is 35.7 Å². The van der Waals surface area contributed by atoms with E-state index in [2.05, 4.69) is 10.6 Å². The highest BCUT2D eigenvalue weighted by atomic mass is 19.4. The number of halogens is 3. The maximum Gasteiger partial charge on any atom is 0.409 e. The van der Waals surface area contributed by atoms with Crippen LogP contribution < -0.4 is 15.5 Å². The normalized spacial score (nSPS) is 16.2. The lowest BCUT2D eigenvalue weighted by Crippen LogP contribution is -2.52. The Morgan fingerprint density at radius 2 is 1.82 bits per heavy atom. The number of hydrogen-bond donors (Lipinski definition) is 2. The summed E-state index contributed by atoms with van der Waals surface area (Å²) in [6.45, 7) is 3.12. The van der Waals surface area contributed by atoms with Gasteiger partial charge in [-0.25, -0.2) is 0 Å². The molecule has 0 fully saturated rings. The van der Waals surface area contributed by atoms with Gasteiger partial charge in [-0.3, -0.25) is 24.2 Å². The molecule has 1 aliphatic heterocycles. The zero-order valence-corrected chi connectivity index (χ0v) is 18.5. The quantitative estimate of drug-likeness (QED) is 0.713. The fraction of sp³-hybridized carbons (Fsp3) is 0.348. The number of nitrogens with zero attached hydrogens (tertiary/aromatic N) is 2. The fourth-order valence-electron chi connectivity index (χ4n) is 3.68. The van der Waals surface area contributed by atoms with Crippen LogP contribution in [0.3, 0.4) is 0 Å². The van der Waals surface area contributed by atoms with E-state index < -0.39 is 42.9 Å². The summed E-state index contributed by atoms with van der Waals surface area (Å²) < 4.78 is 41.4. The van der Waals surface area contributed by atoms with Gasteiger partial charge in [-0.2, -0.15) is 13.2 Å². The predicted octanol–water partition coefficient (Wildman–Crippen LogP) is 3.48. The van der Waals surface area contributed by atoms with Gasteiger partial charge in [-0.15, -0.1) is 0 Å². The van der Waals surface area contributed by atoms with Crippen molar-refractivity contribution in [2.24, 2.45) is 0 Å². The molecule has 1 atom stereocenters. The summed E-state index contributed by atoms with van der Waals surface area (Å²) >= 11 is 0. The highest BCUT2D eigenvalue weighted by Crippen LogP contribution is 2.37. The Morgan fingerprint density at radius 3 is 2.52 bits per heavy atom. The van der Waals surface area contributed by atoms with Crippen molar-refractivity contribution in [2.45, 2.75) is 32.5 Å². The Morgan fingerprint density at radius 1 is 1.12 bits per heavy atom. The summed E-state index contributed by atoms with van der Waals surface area (Å²) in [5, 5.41) is 5.18. The number of likely N-dealkylation sites (N-methyl/N-ethyl adjacent to an activating group) is 1. The lowest BCUT2D eigenvalue weighted by molar-refractivity contribution is -0.158. The Labute approximate surface area is 189 Å². The highest BCUT2D eigenvalue weighted by molar-refractivity contribution is 6.05. The van der Waals surface area contributed by atoms with Crippen LogP contribution in [-0.2, 0) is 14.4 Å². The van der Waals surface area contributed by atoms with Gasteiger partial charge in [0.15, 0.2) is 0 Å². The molecule has 176 valence electrons. The molecule has 2 aromatic rings. The van der Waals surface area contributed by atoms with E-state index in [0.29, 0.717) is 10.6 Å². The first-order valence-electron chi connectivity index (χ1n) is 10.3. The number of carbonyl (C=O) groups excluding carboxylic acids is 3. The number of carbonyl (C=O) groups is 3. The minimum atomic E-state index is -4.82. The Bertz CT molecular complexity index is 1070. The van der Waals surface area contributed by atoms with Crippen LogP contribution in [0.2, 0.25) is 0 Å². The van der Waals surface area contributed by atoms with Crippen LogP contribution in [0.15, 0.2) is 42.5 Å². The van der Waals surface area contributed by atoms with Crippen LogP contribution in [-0.4, -0.2) is 55.0 Å². The Kier molecular flexibility index (Phi) is 7.06.